The van der Waals surface area contributed by atoms with Crippen molar-refractivity contribution < 1.29 is 9.53 Å². The summed E-state index contributed by atoms with van der Waals surface area (Å²) in [5.41, 5.74) is 4.31. The number of carbonyl (C=O) groups excluding carboxylic acids is 1. The van der Waals surface area contributed by atoms with Gasteiger partial charge in [-0.3, -0.25) is 4.79 Å². The molecule has 0 N–H and O–H groups in total. The van der Waals surface area contributed by atoms with Gasteiger partial charge in [0.15, 0.2) is 5.65 Å². The number of hydrogen-bond acceptors (Lipinski definition) is 5. The summed E-state index contributed by atoms with van der Waals surface area (Å²) in [6.07, 6.45) is 3.64. The van der Waals surface area contributed by atoms with E-state index in [1.165, 1.54) is 4.88 Å². The third kappa shape index (κ3) is 3.25. The standard InChI is InChI=1S/C23H22N4O2S/c1-15-11-19(20-13-24-27(22(20)25-15)14-18-6-4-10-30-18)23(28)26-9-3-5-16-12-17(29-2)7-8-21(16)26/h4,6-8,10-13H,3,5,9,14H2,1-2H3. The van der Waals surface area contributed by atoms with Gasteiger partial charge in [0.1, 0.15) is 5.75 Å². The average Bonchev–Trinajstić information content (AvgIpc) is 3.42. The number of aromatic nitrogens is 3. The Balaban J connectivity index is 1.55. The van der Waals surface area contributed by atoms with Crippen molar-refractivity contribution in [3.63, 3.8) is 0 Å². The van der Waals surface area contributed by atoms with Crippen LogP contribution in [0.5, 0.6) is 5.75 Å². The Bertz CT molecular complexity index is 1230. The molecule has 0 bridgehead atoms. The summed E-state index contributed by atoms with van der Waals surface area (Å²) < 4.78 is 7.23. The molecule has 0 atom stereocenters. The monoisotopic (exact) mass is 418 g/mol. The Kier molecular flexibility index (Phi) is 4.75. The third-order valence-electron chi connectivity index (χ3n) is 5.50. The molecule has 1 amide bonds. The summed E-state index contributed by atoms with van der Waals surface area (Å²) in [4.78, 5) is 21.4. The van der Waals surface area contributed by atoms with Crippen LogP contribution in [-0.4, -0.2) is 34.3 Å². The van der Waals surface area contributed by atoms with Gasteiger partial charge in [-0.25, -0.2) is 9.67 Å². The number of hydrogen-bond donors (Lipinski definition) is 0. The molecular formula is C23H22N4O2S. The lowest BCUT2D eigenvalue weighted by Gasteiger charge is -2.30. The molecule has 1 aliphatic rings. The number of methoxy groups -OCH3 is 1. The number of anilines is 1. The van der Waals surface area contributed by atoms with Gasteiger partial charge in [-0.2, -0.15) is 5.10 Å². The van der Waals surface area contributed by atoms with Crippen molar-refractivity contribution in [2.24, 2.45) is 0 Å². The van der Waals surface area contributed by atoms with Crippen LogP contribution in [0.3, 0.4) is 0 Å². The van der Waals surface area contributed by atoms with Crippen LogP contribution in [0.2, 0.25) is 0 Å². The van der Waals surface area contributed by atoms with E-state index < -0.39 is 0 Å². The third-order valence-corrected chi connectivity index (χ3v) is 6.36. The molecule has 7 heteroatoms. The molecule has 5 rings (SSSR count). The zero-order chi connectivity index (χ0) is 20.7. The summed E-state index contributed by atoms with van der Waals surface area (Å²) in [6.45, 7) is 3.27. The summed E-state index contributed by atoms with van der Waals surface area (Å²) in [5.74, 6) is 0.812. The Hall–Kier alpha value is -3.19. The minimum absolute atomic E-state index is 0.00714. The molecule has 30 heavy (non-hydrogen) atoms. The maximum atomic E-state index is 13.6. The molecule has 4 heterocycles. The number of rotatable bonds is 4. The van der Waals surface area contributed by atoms with Gasteiger partial charge in [-0.05, 0) is 61.0 Å². The van der Waals surface area contributed by atoms with E-state index in [-0.39, 0.29) is 5.91 Å². The number of ether oxygens (including phenoxy) is 1. The van der Waals surface area contributed by atoms with Crippen LogP contribution in [0.15, 0.2) is 48.0 Å². The van der Waals surface area contributed by atoms with Crippen LogP contribution in [0.1, 0.15) is 32.9 Å². The van der Waals surface area contributed by atoms with Crippen LogP contribution in [0.4, 0.5) is 5.69 Å². The normalized spacial score (nSPS) is 13.5. The SMILES string of the molecule is COc1ccc2c(c1)CCCN2C(=O)c1cc(C)nc2c1cnn2Cc1cccs1. The Morgan fingerprint density at radius 2 is 2.17 bits per heavy atom. The van der Waals surface area contributed by atoms with Crippen LogP contribution < -0.4 is 9.64 Å². The van der Waals surface area contributed by atoms with Crippen LogP contribution in [-0.2, 0) is 13.0 Å². The first-order valence-corrected chi connectivity index (χ1v) is 10.9. The van der Waals surface area contributed by atoms with E-state index in [2.05, 4.69) is 21.5 Å². The van der Waals surface area contributed by atoms with Crippen molar-refractivity contribution in [3.8, 4) is 5.75 Å². The Morgan fingerprint density at radius 3 is 2.97 bits per heavy atom. The summed E-state index contributed by atoms with van der Waals surface area (Å²) in [5, 5.41) is 7.39. The molecule has 1 aromatic carbocycles. The molecule has 3 aromatic heterocycles. The molecule has 6 nitrogen and oxygen atoms in total. The molecule has 0 saturated heterocycles. The Labute approximate surface area is 178 Å². The van der Waals surface area contributed by atoms with E-state index in [1.807, 2.05) is 46.8 Å². The van der Waals surface area contributed by atoms with Crippen molar-refractivity contribution in [1.82, 2.24) is 14.8 Å². The highest BCUT2D eigenvalue weighted by atomic mass is 32.1. The van der Waals surface area contributed by atoms with E-state index in [9.17, 15) is 4.79 Å². The average molecular weight is 419 g/mol. The minimum atomic E-state index is -0.00714. The van der Waals surface area contributed by atoms with E-state index in [0.717, 1.165) is 46.6 Å². The van der Waals surface area contributed by atoms with Gasteiger partial charge < -0.3 is 9.64 Å². The predicted octanol–water partition coefficient (Wildman–Crippen LogP) is 4.45. The summed E-state index contributed by atoms with van der Waals surface area (Å²) in [6, 6.07) is 11.9. The van der Waals surface area contributed by atoms with Crippen molar-refractivity contribution in [2.45, 2.75) is 26.3 Å². The summed E-state index contributed by atoms with van der Waals surface area (Å²) in [7, 11) is 1.66. The van der Waals surface area contributed by atoms with Crippen molar-refractivity contribution in [1.29, 1.82) is 0 Å². The van der Waals surface area contributed by atoms with Gasteiger partial charge in [0.25, 0.3) is 5.91 Å². The molecule has 0 spiro atoms. The lowest BCUT2D eigenvalue weighted by Crippen LogP contribution is -2.35. The van der Waals surface area contributed by atoms with Gasteiger partial charge in [0.2, 0.25) is 0 Å². The highest BCUT2D eigenvalue weighted by Crippen LogP contribution is 2.32. The molecular weight excluding hydrogens is 396 g/mol. The first kappa shape index (κ1) is 18.8. The van der Waals surface area contributed by atoms with Crippen LogP contribution in [0, 0.1) is 6.92 Å². The molecule has 0 radical (unpaired) electrons. The molecule has 152 valence electrons. The van der Waals surface area contributed by atoms with Gasteiger partial charge in [0, 0.05) is 22.8 Å². The second-order valence-corrected chi connectivity index (χ2v) is 8.52. The minimum Gasteiger partial charge on any atom is -0.497 e. The smallest absolute Gasteiger partial charge is 0.259 e. The molecule has 0 fully saturated rings. The fourth-order valence-corrected chi connectivity index (χ4v) is 4.76. The van der Waals surface area contributed by atoms with Gasteiger partial charge in [-0.1, -0.05) is 6.07 Å². The lowest BCUT2D eigenvalue weighted by molar-refractivity contribution is 0.0986. The molecule has 0 unspecified atom stereocenters. The highest BCUT2D eigenvalue weighted by Gasteiger charge is 2.26. The largest absolute Gasteiger partial charge is 0.497 e. The van der Waals surface area contributed by atoms with E-state index >= 15 is 0 Å². The van der Waals surface area contributed by atoms with Crippen LogP contribution >= 0.6 is 11.3 Å². The Morgan fingerprint density at radius 1 is 1.27 bits per heavy atom. The number of carbonyl (C=O) groups is 1. The highest BCUT2D eigenvalue weighted by molar-refractivity contribution is 7.09. The van der Waals surface area contributed by atoms with Crippen molar-refractivity contribution in [3.05, 3.63) is 69.7 Å². The topological polar surface area (TPSA) is 60.2 Å². The van der Waals surface area contributed by atoms with Crippen molar-refractivity contribution in [2.75, 3.05) is 18.6 Å². The van der Waals surface area contributed by atoms with Gasteiger partial charge >= 0.3 is 0 Å². The number of benzene rings is 1. The predicted molar refractivity (Wildman–Crippen MR) is 119 cm³/mol. The van der Waals surface area contributed by atoms with Crippen LogP contribution in [0.25, 0.3) is 11.0 Å². The number of amides is 1. The molecule has 0 aliphatic carbocycles. The zero-order valence-electron chi connectivity index (χ0n) is 17.0. The van der Waals surface area contributed by atoms with Crippen molar-refractivity contribution >= 4 is 34.0 Å². The lowest BCUT2D eigenvalue weighted by atomic mass is 10.00. The molecule has 4 aromatic rings. The number of aryl methyl sites for hydroxylation is 2. The maximum absolute atomic E-state index is 13.6. The number of pyridine rings is 1. The quantitative estimate of drug-likeness (QED) is 0.491. The number of nitrogens with zero attached hydrogens (tertiary/aromatic N) is 4. The first-order valence-electron chi connectivity index (χ1n) is 9.98. The maximum Gasteiger partial charge on any atom is 0.259 e. The number of thiophene rings is 1. The van der Waals surface area contributed by atoms with Gasteiger partial charge in [-0.15, -0.1) is 11.3 Å². The fraction of sp³-hybridized carbons (Fsp3) is 0.261. The fourth-order valence-electron chi connectivity index (χ4n) is 4.07. The van der Waals surface area contributed by atoms with E-state index in [4.69, 9.17) is 4.74 Å². The molecule has 0 saturated carbocycles. The first-order chi connectivity index (χ1) is 14.6. The second kappa shape index (κ2) is 7.57. The number of fused-ring (bicyclic) bond motifs is 2. The summed E-state index contributed by atoms with van der Waals surface area (Å²) >= 11 is 1.69. The van der Waals surface area contributed by atoms with E-state index in [1.54, 1.807) is 24.6 Å². The van der Waals surface area contributed by atoms with E-state index in [0.29, 0.717) is 18.7 Å². The second-order valence-electron chi connectivity index (χ2n) is 7.49. The van der Waals surface area contributed by atoms with Gasteiger partial charge in [0.05, 0.1) is 30.8 Å². The molecule has 1 aliphatic heterocycles. The zero-order valence-corrected chi connectivity index (χ0v) is 17.8.